The zero-order valence-corrected chi connectivity index (χ0v) is 14.8. The van der Waals surface area contributed by atoms with E-state index in [0.717, 1.165) is 9.58 Å². The molecule has 1 N–H and O–H groups in total. The molecule has 2 unspecified atom stereocenters. The highest BCUT2D eigenvalue weighted by atomic mass is 32.1. The Bertz CT molecular complexity index is 942. The second-order valence-corrected chi connectivity index (χ2v) is 8.50. The van der Waals surface area contributed by atoms with Crippen LogP contribution in [0.1, 0.15) is 23.0 Å². The quantitative estimate of drug-likeness (QED) is 0.742. The summed E-state index contributed by atoms with van der Waals surface area (Å²) in [6.07, 6.45) is 0.533. The monoisotopic (exact) mass is 359 g/mol. The molecular formula is C18H17NO3S2. The van der Waals surface area contributed by atoms with Crippen molar-refractivity contribution in [3.05, 3.63) is 35.2 Å². The van der Waals surface area contributed by atoms with E-state index in [1.807, 2.05) is 30.0 Å². The lowest BCUT2D eigenvalue weighted by Crippen LogP contribution is -2.44. The van der Waals surface area contributed by atoms with E-state index in [1.54, 1.807) is 22.7 Å². The molecule has 2 aromatic heterocycles. The number of fused-ring (bicyclic) bond motifs is 3. The summed E-state index contributed by atoms with van der Waals surface area (Å²) in [6, 6.07) is 10.2. The molecular weight excluding hydrogens is 342 g/mol. The summed E-state index contributed by atoms with van der Waals surface area (Å²) >= 11 is 3.26. The van der Waals surface area contributed by atoms with Crippen LogP contribution >= 0.6 is 22.7 Å². The number of carboxylic acids is 1. The van der Waals surface area contributed by atoms with E-state index < -0.39 is 5.97 Å². The van der Waals surface area contributed by atoms with Crippen LogP contribution in [0.5, 0.6) is 0 Å². The molecule has 0 aliphatic carbocycles. The van der Waals surface area contributed by atoms with Crippen molar-refractivity contribution in [2.45, 2.75) is 13.3 Å². The summed E-state index contributed by atoms with van der Waals surface area (Å²) in [6.45, 7) is 2.95. The Balaban J connectivity index is 1.61. The number of nitrogens with zero attached hydrogens (tertiary/aromatic N) is 1. The van der Waals surface area contributed by atoms with Gasteiger partial charge in [-0.2, -0.15) is 0 Å². The molecule has 0 saturated carbocycles. The molecule has 1 saturated heterocycles. The Morgan fingerprint density at radius 1 is 1.21 bits per heavy atom. The summed E-state index contributed by atoms with van der Waals surface area (Å²) in [4.78, 5) is 26.6. The molecule has 4 rings (SSSR count). The van der Waals surface area contributed by atoms with Crippen molar-refractivity contribution in [1.82, 2.24) is 4.90 Å². The van der Waals surface area contributed by atoms with E-state index in [-0.39, 0.29) is 17.7 Å². The van der Waals surface area contributed by atoms with Gasteiger partial charge in [0.15, 0.2) is 0 Å². The number of thiophene rings is 2. The second kappa shape index (κ2) is 5.86. The zero-order chi connectivity index (χ0) is 16.8. The first-order chi connectivity index (χ1) is 11.5. The third kappa shape index (κ3) is 2.50. The number of amides is 1. The van der Waals surface area contributed by atoms with E-state index in [9.17, 15) is 14.7 Å². The van der Waals surface area contributed by atoms with Gasteiger partial charge in [0, 0.05) is 27.9 Å². The number of hydrogen-bond acceptors (Lipinski definition) is 4. The van der Waals surface area contributed by atoms with Gasteiger partial charge >= 0.3 is 5.97 Å². The normalized spacial score (nSPS) is 21.5. The third-order valence-electron chi connectivity index (χ3n) is 4.77. The average molecular weight is 359 g/mol. The maximum atomic E-state index is 12.8. The first-order valence-electron chi connectivity index (χ1n) is 7.97. The van der Waals surface area contributed by atoms with Crippen LogP contribution in [0, 0.1) is 11.8 Å². The second-order valence-electron chi connectivity index (χ2n) is 6.36. The number of hydrogen-bond donors (Lipinski definition) is 1. The summed E-state index contributed by atoms with van der Waals surface area (Å²) < 4.78 is 3.57. The Labute approximate surface area is 147 Å². The molecule has 3 heterocycles. The Hall–Kier alpha value is -1.92. The first kappa shape index (κ1) is 15.6. The fourth-order valence-electron chi connectivity index (χ4n) is 3.46. The highest BCUT2D eigenvalue weighted by molar-refractivity contribution is 7.33. The van der Waals surface area contributed by atoms with Gasteiger partial charge in [0.05, 0.1) is 15.5 Å². The van der Waals surface area contributed by atoms with Crippen LogP contribution in [-0.4, -0.2) is 35.0 Å². The van der Waals surface area contributed by atoms with E-state index in [1.165, 1.54) is 14.8 Å². The number of carboxylic acid groups (broad SMARTS) is 1. The van der Waals surface area contributed by atoms with Gasteiger partial charge in [-0.3, -0.25) is 9.59 Å². The van der Waals surface area contributed by atoms with Gasteiger partial charge in [0.2, 0.25) is 0 Å². The maximum absolute atomic E-state index is 12.8. The van der Waals surface area contributed by atoms with Crippen LogP contribution in [0.15, 0.2) is 30.3 Å². The van der Waals surface area contributed by atoms with Crippen molar-refractivity contribution in [3.63, 3.8) is 0 Å². The van der Waals surface area contributed by atoms with Crippen LogP contribution in [0.2, 0.25) is 0 Å². The zero-order valence-electron chi connectivity index (χ0n) is 13.2. The number of rotatable bonds is 2. The molecule has 6 heteroatoms. The van der Waals surface area contributed by atoms with E-state index in [4.69, 9.17) is 0 Å². The Morgan fingerprint density at radius 3 is 2.75 bits per heavy atom. The summed E-state index contributed by atoms with van der Waals surface area (Å²) in [5.41, 5.74) is 0. The molecule has 1 amide bonds. The molecule has 124 valence electrons. The molecule has 24 heavy (non-hydrogen) atoms. The number of piperidine rings is 1. The Kier molecular flexibility index (Phi) is 3.81. The molecule has 1 aromatic carbocycles. The molecule has 0 spiro atoms. The minimum absolute atomic E-state index is 0.0119. The van der Waals surface area contributed by atoms with Gasteiger partial charge in [-0.15, -0.1) is 22.7 Å². The molecule has 0 bridgehead atoms. The fourth-order valence-corrected chi connectivity index (χ4v) is 5.95. The van der Waals surface area contributed by atoms with Crippen LogP contribution in [0.3, 0.4) is 0 Å². The molecule has 3 aromatic rings. The van der Waals surface area contributed by atoms with E-state index in [0.29, 0.717) is 19.5 Å². The standard InChI is InChI=1S/C18H17NO3S2/c1-10-9-19(7-6-11(10)18(21)22)17(20)15-8-14-16(24-15)12-4-2-3-5-13(12)23-14/h2-5,8,10-11H,6-7,9H2,1H3,(H,21,22). The number of benzene rings is 1. The SMILES string of the molecule is CC1CN(C(=O)c2cc3sc4ccccc4c3s2)CCC1C(=O)O. The van der Waals surface area contributed by atoms with Crippen molar-refractivity contribution in [2.24, 2.45) is 11.8 Å². The molecule has 2 atom stereocenters. The van der Waals surface area contributed by atoms with Gasteiger partial charge in [-0.05, 0) is 24.5 Å². The predicted octanol–water partition coefficient (Wildman–Crippen LogP) is 4.30. The van der Waals surface area contributed by atoms with Crippen LogP contribution < -0.4 is 0 Å². The van der Waals surface area contributed by atoms with Crippen LogP contribution in [0.25, 0.3) is 19.5 Å². The lowest BCUT2D eigenvalue weighted by atomic mass is 9.87. The lowest BCUT2D eigenvalue weighted by molar-refractivity contribution is -0.145. The molecule has 0 radical (unpaired) electrons. The van der Waals surface area contributed by atoms with Crippen molar-refractivity contribution >= 4 is 54.0 Å². The van der Waals surface area contributed by atoms with Crippen LogP contribution in [0.4, 0.5) is 0 Å². The number of carbonyl (C=O) groups is 2. The molecule has 4 nitrogen and oxygen atoms in total. The van der Waals surface area contributed by atoms with Gasteiger partial charge < -0.3 is 10.0 Å². The first-order valence-corrected chi connectivity index (χ1v) is 9.61. The largest absolute Gasteiger partial charge is 0.481 e. The smallest absolute Gasteiger partial charge is 0.306 e. The lowest BCUT2D eigenvalue weighted by Gasteiger charge is -2.34. The third-order valence-corrected chi connectivity index (χ3v) is 7.17. The van der Waals surface area contributed by atoms with Crippen molar-refractivity contribution in [2.75, 3.05) is 13.1 Å². The van der Waals surface area contributed by atoms with Crippen molar-refractivity contribution in [3.8, 4) is 0 Å². The summed E-state index contributed by atoms with van der Waals surface area (Å²) in [7, 11) is 0. The molecule has 1 fully saturated rings. The van der Waals surface area contributed by atoms with Crippen molar-refractivity contribution < 1.29 is 14.7 Å². The number of aliphatic carboxylic acids is 1. The Morgan fingerprint density at radius 2 is 2.00 bits per heavy atom. The molecule has 1 aliphatic heterocycles. The summed E-state index contributed by atoms with van der Waals surface area (Å²) in [5.74, 6) is -1.08. The maximum Gasteiger partial charge on any atom is 0.306 e. The van der Waals surface area contributed by atoms with E-state index in [2.05, 4.69) is 12.1 Å². The van der Waals surface area contributed by atoms with Gasteiger partial charge in [-0.1, -0.05) is 25.1 Å². The average Bonchev–Trinajstić information content (AvgIpc) is 3.11. The van der Waals surface area contributed by atoms with Gasteiger partial charge in [-0.25, -0.2) is 0 Å². The van der Waals surface area contributed by atoms with Gasteiger partial charge in [0.1, 0.15) is 0 Å². The minimum atomic E-state index is -0.752. The highest BCUT2D eigenvalue weighted by Gasteiger charge is 2.33. The highest BCUT2D eigenvalue weighted by Crippen LogP contribution is 2.40. The number of carbonyl (C=O) groups excluding carboxylic acids is 1. The molecule has 1 aliphatic rings. The van der Waals surface area contributed by atoms with E-state index >= 15 is 0 Å². The topological polar surface area (TPSA) is 57.6 Å². The minimum Gasteiger partial charge on any atom is -0.481 e. The van der Waals surface area contributed by atoms with Crippen molar-refractivity contribution in [1.29, 1.82) is 0 Å². The van der Waals surface area contributed by atoms with Crippen LogP contribution in [-0.2, 0) is 4.79 Å². The predicted molar refractivity (Wildman–Crippen MR) is 98.0 cm³/mol. The fraction of sp³-hybridized carbons (Fsp3) is 0.333. The van der Waals surface area contributed by atoms with Gasteiger partial charge in [0.25, 0.3) is 5.91 Å². The summed E-state index contributed by atoms with van der Waals surface area (Å²) in [5, 5.41) is 10.4. The number of likely N-dealkylation sites (tertiary alicyclic amines) is 1.